The van der Waals surface area contributed by atoms with Crippen molar-refractivity contribution in [1.29, 1.82) is 0 Å². The number of carbonyl (C=O) groups is 3. The summed E-state index contributed by atoms with van der Waals surface area (Å²) >= 11 is 12.8. The highest BCUT2D eigenvalue weighted by atomic mass is 35.5. The van der Waals surface area contributed by atoms with E-state index in [0.29, 0.717) is 28.6 Å². The predicted octanol–water partition coefficient (Wildman–Crippen LogP) is 4.29. The molecule has 0 saturated carbocycles. The fourth-order valence-electron chi connectivity index (χ4n) is 5.70. The van der Waals surface area contributed by atoms with Gasteiger partial charge in [-0.15, -0.1) is 0 Å². The van der Waals surface area contributed by atoms with Crippen molar-refractivity contribution in [3.8, 4) is 0 Å². The van der Waals surface area contributed by atoms with Crippen LogP contribution in [0.2, 0.25) is 10.0 Å². The van der Waals surface area contributed by atoms with Gasteiger partial charge >= 0.3 is 0 Å². The van der Waals surface area contributed by atoms with E-state index in [1.165, 1.54) is 5.56 Å². The molecule has 0 aliphatic carbocycles. The van der Waals surface area contributed by atoms with Crippen molar-refractivity contribution in [1.82, 2.24) is 15.1 Å². The first-order chi connectivity index (χ1) is 17.9. The van der Waals surface area contributed by atoms with Gasteiger partial charge in [0.25, 0.3) is 5.91 Å². The summed E-state index contributed by atoms with van der Waals surface area (Å²) in [6.07, 6.45) is 4.87. The average Bonchev–Trinajstić information content (AvgIpc) is 3.21. The molecule has 0 bridgehead atoms. The summed E-state index contributed by atoms with van der Waals surface area (Å²) in [6.45, 7) is 5.32. The predicted molar refractivity (Wildman–Crippen MR) is 145 cm³/mol. The molecule has 2 aromatic rings. The number of anilines is 1. The number of aryl methyl sites for hydroxylation is 1. The third kappa shape index (κ3) is 5.64. The van der Waals surface area contributed by atoms with Crippen molar-refractivity contribution in [2.75, 3.05) is 37.6 Å². The molecule has 0 spiro atoms. The summed E-state index contributed by atoms with van der Waals surface area (Å²) in [6, 6.07) is 11.0. The monoisotopic (exact) mass is 542 g/mol. The molecule has 2 aromatic carbocycles. The van der Waals surface area contributed by atoms with Gasteiger partial charge in [0.05, 0.1) is 15.7 Å². The Balaban J connectivity index is 1.07. The molecule has 9 heteroatoms. The molecule has 7 nitrogen and oxygen atoms in total. The van der Waals surface area contributed by atoms with Gasteiger partial charge in [0.1, 0.15) is 6.04 Å². The number of carbonyl (C=O) groups excluding carboxylic acids is 3. The summed E-state index contributed by atoms with van der Waals surface area (Å²) in [5.74, 6) is -0.740. The van der Waals surface area contributed by atoms with Crippen molar-refractivity contribution < 1.29 is 14.4 Å². The smallest absolute Gasteiger partial charge is 0.255 e. The maximum Gasteiger partial charge on any atom is 0.255 e. The van der Waals surface area contributed by atoms with Gasteiger partial charge in [0.15, 0.2) is 0 Å². The van der Waals surface area contributed by atoms with Gasteiger partial charge in [0.2, 0.25) is 11.8 Å². The van der Waals surface area contributed by atoms with Gasteiger partial charge in [-0.2, -0.15) is 0 Å². The molecular weight excluding hydrogens is 511 g/mol. The summed E-state index contributed by atoms with van der Waals surface area (Å²) in [5.41, 5.74) is 3.85. The number of rotatable bonds is 8. The minimum Gasteiger partial charge on any atom is -0.367 e. The Kier molecular flexibility index (Phi) is 8.03. The molecule has 37 heavy (non-hydrogen) atoms. The Morgan fingerprint density at radius 3 is 2.35 bits per heavy atom. The largest absolute Gasteiger partial charge is 0.367 e. The zero-order chi connectivity index (χ0) is 25.9. The van der Waals surface area contributed by atoms with Crippen molar-refractivity contribution in [2.45, 2.75) is 51.1 Å². The number of unbranched alkanes of at least 4 members (excludes halogenated alkanes) is 2. The summed E-state index contributed by atoms with van der Waals surface area (Å²) in [5, 5.41) is 3.78. The lowest BCUT2D eigenvalue weighted by Crippen LogP contribution is -2.52. The Bertz CT molecular complexity index is 1180. The van der Waals surface area contributed by atoms with E-state index < -0.39 is 6.04 Å². The van der Waals surface area contributed by atoms with Crippen molar-refractivity contribution in [2.24, 2.45) is 0 Å². The fourth-order valence-corrected chi connectivity index (χ4v) is 6.33. The standard InChI is InChI=1S/C28H32Cl2N4O3/c29-22-9-5-10-23(30)26(22)33-16-14-32(15-17-33)13-3-1-2-6-19-7-4-8-20-21(19)18-34(28(20)37)24-11-12-25(35)31-27(24)36/h4-5,7-10,24H,1-3,6,11-18H2,(H,31,35,36). The quantitative estimate of drug-likeness (QED) is 0.398. The van der Waals surface area contributed by atoms with Gasteiger partial charge in [-0.3, -0.25) is 24.6 Å². The Morgan fingerprint density at radius 2 is 1.62 bits per heavy atom. The van der Waals surface area contributed by atoms with E-state index in [4.69, 9.17) is 23.2 Å². The summed E-state index contributed by atoms with van der Waals surface area (Å²) in [4.78, 5) is 43.2. The molecule has 5 rings (SSSR count). The zero-order valence-electron chi connectivity index (χ0n) is 20.8. The third-order valence-electron chi connectivity index (χ3n) is 7.73. The zero-order valence-corrected chi connectivity index (χ0v) is 22.4. The van der Waals surface area contributed by atoms with Crippen LogP contribution in [0, 0.1) is 0 Å². The number of amides is 3. The Hall–Kier alpha value is -2.61. The number of nitrogens with one attached hydrogen (secondary N) is 1. The number of nitrogens with zero attached hydrogens (tertiary/aromatic N) is 3. The average molecular weight is 543 g/mol. The van der Waals surface area contributed by atoms with Crippen LogP contribution < -0.4 is 10.2 Å². The normalized spacial score (nSPS) is 20.4. The maximum absolute atomic E-state index is 13.0. The van der Waals surface area contributed by atoms with Crippen LogP contribution in [0.1, 0.15) is 53.6 Å². The number of imide groups is 1. The number of hydrogen-bond donors (Lipinski definition) is 1. The second-order valence-corrected chi connectivity index (χ2v) is 10.9. The molecule has 1 unspecified atom stereocenters. The lowest BCUT2D eigenvalue weighted by atomic mass is 9.98. The number of benzene rings is 2. The highest BCUT2D eigenvalue weighted by Crippen LogP contribution is 2.34. The fraction of sp³-hybridized carbons (Fsp3) is 0.464. The number of piperazine rings is 1. The lowest BCUT2D eigenvalue weighted by Gasteiger charge is -2.36. The van der Waals surface area contributed by atoms with E-state index in [1.807, 2.05) is 30.3 Å². The number of piperidine rings is 1. The molecule has 1 atom stereocenters. The first-order valence-electron chi connectivity index (χ1n) is 13.1. The van der Waals surface area contributed by atoms with Crippen LogP contribution in [0.4, 0.5) is 5.69 Å². The van der Waals surface area contributed by atoms with E-state index in [9.17, 15) is 14.4 Å². The molecule has 2 fully saturated rings. The van der Waals surface area contributed by atoms with Gasteiger partial charge < -0.3 is 9.80 Å². The molecule has 196 valence electrons. The van der Waals surface area contributed by atoms with E-state index in [1.54, 1.807) is 4.90 Å². The molecule has 0 aromatic heterocycles. The van der Waals surface area contributed by atoms with E-state index in [2.05, 4.69) is 21.2 Å². The molecule has 3 aliphatic rings. The van der Waals surface area contributed by atoms with E-state index in [0.717, 1.165) is 69.7 Å². The van der Waals surface area contributed by atoms with E-state index in [-0.39, 0.29) is 24.1 Å². The third-order valence-corrected chi connectivity index (χ3v) is 8.34. The van der Waals surface area contributed by atoms with Crippen molar-refractivity contribution in [3.63, 3.8) is 0 Å². The molecule has 3 amide bonds. The van der Waals surface area contributed by atoms with Crippen LogP contribution >= 0.6 is 23.2 Å². The lowest BCUT2D eigenvalue weighted by molar-refractivity contribution is -0.136. The molecule has 1 N–H and O–H groups in total. The first-order valence-corrected chi connectivity index (χ1v) is 13.8. The number of halogens is 2. The van der Waals surface area contributed by atoms with Gasteiger partial charge in [0, 0.05) is 44.7 Å². The summed E-state index contributed by atoms with van der Waals surface area (Å²) in [7, 11) is 0. The highest BCUT2D eigenvalue weighted by Gasteiger charge is 2.39. The first kappa shape index (κ1) is 26.0. The SMILES string of the molecule is O=C1CCC(N2Cc3c(CCCCCN4CCN(c5c(Cl)cccc5Cl)CC4)cccc3C2=O)C(=O)N1. The minimum absolute atomic E-state index is 0.108. The maximum atomic E-state index is 13.0. The Labute approximate surface area is 227 Å². The number of para-hydroxylation sites is 1. The van der Waals surface area contributed by atoms with Crippen LogP contribution in [0.15, 0.2) is 36.4 Å². The molecule has 2 saturated heterocycles. The van der Waals surface area contributed by atoms with Gasteiger partial charge in [-0.1, -0.05) is 47.8 Å². The highest BCUT2D eigenvalue weighted by molar-refractivity contribution is 6.39. The Morgan fingerprint density at radius 1 is 0.892 bits per heavy atom. The molecule has 3 heterocycles. The van der Waals surface area contributed by atoms with Crippen LogP contribution in [0.5, 0.6) is 0 Å². The topological polar surface area (TPSA) is 73.0 Å². The number of hydrogen-bond acceptors (Lipinski definition) is 5. The van der Waals surface area contributed by atoms with Crippen LogP contribution in [0.3, 0.4) is 0 Å². The van der Waals surface area contributed by atoms with Gasteiger partial charge in [-0.05, 0) is 61.6 Å². The molecular formula is C28H32Cl2N4O3. The molecule has 3 aliphatic heterocycles. The van der Waals surface area contributed by atoms with Crippen LogP contribution in [0.25, 0.3) is 0 Å². The van der Waals surface area contributed by atoms with Crippen molar-refractivity contribution in [3.05, 3.63) is 63.1 Å². The summed E-state index contributed by atoms with van der Waals surface area (Å²) < 4.78 is 0. The van der Waals surface area contributed by atoms with Crippen LogP contribution in [-0.2, 0) is 22.6 Å². The number of fused-ring (bicyclic) bond motifs is 1. The second kappa shape index (κ2) is 11.4. The minimum atomic E-state index is -0.570. The van der Waals surface area contributed by atoms with Crippen LogP contribution in [-0.4, -0.2) is 66.3 Å². The molecule has 0 radical (unpaired) electrons. The van der Waals surface area contributed by atoms with E-state index >= 15 is 0 Å². The van der Waals surface area contributed by atoms with Gasteiger partial charge in [-0.25, -0.2) is 0 Å². The second-order valence-electron chi connectivity index (χ2n) is 10.1. The van der Waals surface area contributed by atoms with Crippen molar-refractivity contribution >= 4 is 46.6 Å².